The number of benzene rings is 1. The van der Waals surface area contributed by atoms with E-state index in [4.69, 9.17) is 16.3 Å². The molecule has 1 aromatic rings. The van der Waals surface area contributed by atoms with Crippen molar-refractivity contribution in [1.29, 1.82) is 0 Å². The molecule has 0 saturated carbocycles. The molecule has 0 heterocycles. The number of nitrogens with one attached hydrogen (secondary N) is 1. The molecule has 0 radical (unpaired) electrons. The molecule has 1 N–H and O–H groups in total. The van der Waals surface area contributed by atoms with Crippen LogP contribution in [0, 0.1) is 0 Å². The highest BCUT2D eigenvalue weighted by Gasteiger charge is 2.29. The number of hydrogen-bond acceptors (Lipinski definition) is 3. The lowest BCUT2D eigenvalue weighted by atomic mass is 10.3. The highest BCUT2D eigenvalue weighted by atomic mass is 35.5. The van der Waals surface area contributed by atoms with Crippen LogP contribution in [-0.2, 0) is 4.74 Å². The third-order valence-electron chi connectivity index (χ3n) is 2.55. The molecule has 1 aromatic carbocycles. The van der Waals surface area contributed by atoms with Gasteiger partial charge in [-0.05, 0) is 18.2 Å². The van der Waals surface area contributed by atoms with Crippen molar-refractivity contribution >= 4 is 23.3 Å². The summed E-state index contributed by atoms with van der Waals surface area (Å²) in [5.74, 6) is -0.116. The van der Waals surface area contributed by atoms with Gasteiger partial charge in [0.05, 0.1) is 12.3 Å². The Balaban J connectivity index is 2.79. The lowest BCUT2D eigenvalue weighted by Crippen LogP contribution is -2.34. The zero-order valence-electron chi connectivity index (χ0n) is 12.0. The maximum Gasteiger partial charge on any atom is 0.422 e. The van der Waals surface area contributed by atoms with Crippen LogP contribution in [0.4, 0.5) is 23.7 Å². The third kappa shape index (κ3) is 6.40. The number of halogens is 4. The van der Waals surface area contributed by atoms with Gasteiger partial charge < -0.3 is 19.7 Å². The number of alkyl halides is 3. The molecule has 0 aliphatic rings. The lowest BCUT2D eigenvalue weighted by Gasteiger charge is -2.19. The van der Waals surface area contributed by atoms with Gasteiger partial charge in [0.25, 0.3) is 0 Å². The Bertz CT molecular complexity index is 512. The molecule has 0 atom stereocenters. The number of nitrogens with zero attached hydrogens (tertiary/aromatic N) is 1. The van der Waals surface area contributed by atoms with E-state index in [2.05, 4.69) is 10.1 Å². The van der Waals surface area contributed by atoms with Crippen LogP contribution in [0.2, 0.25) is 5.02 Å². The Labute approximate surface area is 130 Å². The number of hydrogen-bond donors (Lipinski definition) is 1. The summed E-state index contributed by atoms with van der Waals surface area (Å²) in [6, 6.07) is 3.43. The maximum absolute atomic E-state index is 12.2. The van der Waals surface area contributed by atoms with Gasteiger partial charge in [-0.2, -0.15) is 13.2 Å². The normalized spacial score (nSPS) is 11.2. The van der Waals surface area contributed by atoms with E-state index in [-0.39, 0.29) is 16.5 Å². The highest BCUT2D eigenvalue weighted by Crippen LogP contribution is 2.29. The Morgan fingerprint density at radius 2 is 2.09 bits per heavy atom. The molecule has 0 aromatic heterocycles. The molecule has 5 nitrogen and oxygen atoms in total. The Kier molecular flexibility index (Phi) is 6.76. The van der Waals surface area contributed by atoms with Gasteiger partial charge in [0.15, 0.2) is 6.61 Å². The minimum absolute atomic E-state index is 0.0611. The van der Waals surface area contributed by atoms with Crippen molar-refractivity contribution in [2.24, 2.45) is 0 Å². The zero-order valence-corrected chi connectivity index (χ0v) is 12.8. The molecular formula is C13H16ClF3N2O3. The van der Waals surface area contributed by atoms with E-state index in [1.54, 1.807) is 0 Å². The van der Waals surface area contributed by atoms with Crippen molar-refractivity contribution in [1.82, 2.24) is 4.90 Å². The van der Waals surface area contributed by atoms with Crippen LogP contribution in [0.3, 0.4) is 0 Å². The van der Waals surface area contributed by atoms with E-state index in [0.717, 1.165) is 0 Å². The minimum Gasteiger partial charge on any atom is -0.482 e. The second-order valence-corrected chi connectivity index (χ2v) is 4.83. The summed E-state index contributed by atoms with van der Waals surface area (Å²) < 4.78 is 46.2. The first-order chi connectivity index (χ1) is 10.2. The second-order valence-electron chi connectivity index (χ2n) is 4.39. The molecular weight excluding hydrogens is 325 g/mol. The van der Waals surface area contributed by atoms with Crippen molar-refractivity contribution in [3.63, 3.8) is 0 Å². The van der Waals surface area contributed by atoms with Crippen LogP contribution in [0.5, 0.6) is 5.75 Å². The predicted molar refractivity (Wildman–Crippen MR) is 76.5 cm³/mol. The van der Waals surface area contributed by atoms with Gasteiger partial charge in [-0.1, -0.05) is 11.6 Å². The van der Waals surface area contributed by atoms with Gasteiger partial charge >= 0.3 is 12.2 Å². The summed E-state index contributed by atoms with van der Waals surface area (Å²) in [6.07, 6.45) is -4.48. The number of carbonyl (C=O) groups excluding carboxylic acids is 1. The molecule has 0 bridgehead atoms. The maximum atomic E-state index is 12.2. The van der Waals surface area contributed by atoms with E-state index in [0.29, 0.717) is 13.2 Å². The smallest absolute Gasteiger partial charge is 0.422 e. The minimum atomic E-state index is -4.48. The Hall–Kier alpha value is -1.67. The van der Waals surface area contributed by atoms with E-state index in [1.165, 1.54) is 37.3 Å². The summed E-state index contributed by atoms with van der Waals surface area (Å²) in [4.78, 5) is 13.2. The van der Waals surface area contributed by atoms with Gasteiger partial charge in [0.1, 0.15) is 5.75 Å². The number of methoxy groups -OCH3 is 1. The van der Waals surface area contributed by atoms with Gasteiger partial charge in [0, 0.05) is 25.7 Å². The summed E-state index contributed by atoms with van der Waals surface area (Å²) >= 11 is 5.79. The van der Waals surface area contributed by atoms with Gasteiger partial charge in [-0.3, -0.25) is 0 Å². The van der Waals surface area contributed by atoms with Crippen molar-refractivity contribution in [3.05, 3.63) is 23.2 Å². The van der Waals surface area contributed by atoms with Gasteiger partial charge in [0.2, 0.25) is 0 Å². The number of anilines is 1. The lowest BCUT2D eigenvalue weighted by molar-refractivity contribution is -0.153. The average molecular weight is 341 g/mol. The number of amides is 2. The molecule has 0 aliphatic carbocycles. The molecule has 124 valence electrons. The molecule has 0 fully saturated rings. The molecule has 9 heteroatoms. The number of urea groups is 1. The molecule has 2 amide bonds. The fourth-order valence-electron chi connectivity index (χ4n) is 1.43. The van der Waals surface area contributed by atoms with Crippen LogP contribution in [0.1, 0.15) is 0 Å². The molecule has 1 rings (SSSR count). The molecule has 0 saturated heterocycles. The topological polar surface area (TPSA) is 50.8 Å². The molecule has 0 aliphatic heterocycles. The Morgan fingerprint density at radius 1 is 1.41 bits per heavy atom. The van der Waals surface area contributed by atoms with Crippen molar-refractivity contribution < 1.29 is 27.4 Å². The summed E-state index contributed by atoms with van der Waals surface area (Å²) in [5, 5.41) is 2.71. The van der Waals surface area contributed by atoms with E-state index in [1.807, 2.05) is 0 Å². The number of carbonyl (C=O) groups is 1. The monoisotopic (exact) mass is 340 g/mol. The first-order valence-electron chi connectivity index (χ1n) is 6.23. The standard InChI is InChI=1S/C13H16ClF3N2O3/c1-19(5-6-21-2)12(20)18-10-7-9(14)3-4-11(10)22-8-13(15,16)17/h3-4,7H,5-6,8H2,1-2H3,(H,18,20). The van der Waals surface area contributed by atoms with Crippen LogP contribution >= 0.6 is 11.6 Å². The van der Waals surface area contributed by atoms with Crippen LogP contribution in [-0.4, -0.2) is 51.0 Å². The first kappa shape index (κ1) is 18.4. The van der Waals surface area contributed by atoms with Gasteiger partial charge in [-0.15, -0.1) is 0 Å². The zero-order chi connectivity index (χ0) is 16.8. The SMILES string of the molecule is COCCN(C)C(=O)Nc1cc(Cl)ccc1OCC(F)(F)F. The Morgan fingerprint density at radius 3 is 2.68 bits per heavy atom. The fourth-order valence-corrected chi connectivity index (χ4v) is 1.60. The molecule has 0 spiro atoms. The van der Waals surface area contributed by atoms with Crippen LogP contribution in [0.25, 0.3) is 0 Å². The summed E-state index contributed by atoms with van der Waals surface area (Å²) in [6.45, 7) is -0.810. The predicted octanol–water partition coefficient (Wildman–Crippen LogP) is 3.39. The van der Waals surface area contributed by atoms with Crippen molar-refractivity contribution in [2.75, 3.05) is 39.2 Å². The van der Waals surface area contributed by atoms with E-state index >= 15 is 0 Å². The second kappa shape index (κ2) is 8.09. The summed E-state index contributed by atoms with van der Waals surface area (Å²) in [7, 11) is 3.01. The van der Waals surface area contributed by atoms with Crippen molar-refractivity contribution in [2.45, 2.75) is 6.18 Å². The third-order valence-corrected chi connectivity index (χ3v) is 2.79. The number of rotatable bonds is 6. The van der Waals surface area contributed by atoms with E-state index in [9.17, 15) is 18.0 Å². The first-order valence-corrected chi connectivity index (χ1v) is 6.61. The van der Waals surface area contributed by atoms with Crippen molar-refractivity contribution in [3.8, 4) is 5.75 Å². The van der Waals surface area contributed by atoms with Crippen LogP contribution in [0.15, 0.2) is 18.2 Å². The largest absolute Gasteiger partial charge is 0.482 e. The highest BCUT2D eigenvalue weighted by molar-refractivity contribution is 6.31. The quantitative estimate of drug-likeness (QED) is 0.863. The summed E-state index contributed by atoms with van der Waals surface area (Å²) in [5.41, 5.74) is 0.0611. The average Bonchev–Trinajstić information content (AvgIpc) is 2.42. The molecule has 0 unspecified atom stereocenters. The number of ether oxygens (including phenoxy) is 2. The molecule has 22 heavy (non-hydrogen) atoms. The fraction of sp³-hybridized carbons (Fsp3) is 0.462. The number of likely N-dealkylation sites (N-methyl/N-ethyl adjacent to an activating group) is 1. The van der Waals surface area contributed by atoms with Crippen LogP contribution < -0.4 is 10.1 Å². The van der Waals surface area contributed by atoms with Gasteiger partial charge in [-0.25, -0.2) is 4.79 Å². The van der Waals surface area contributed by atoms with E-state index < -0.39 is 18.8 Å².